The number of nitrogens with one attached hydrogen (secondary N) is 1. The largest absolute Gasteiger partial charge is 0.283 e. The average Bonchev–Trinajstić information content (AvgIpc) is 2.75. The Morgan fingerprint density at radius 1 is 1.64 bits per heavy atom. The second-order valence-electron chi connectivity index (χ2n) is 2.63. The fourth-order valence-corrected chi connectivity index (χ4v) is 1.34. The molecule has 0 atom stereocenters. The standard InChI is InChI=1S/C7H6ClN5O/c1-13-5(4(8)2-11-13)6(14)7-9-3-10-12-7/h2-3H,1H3,(H,9,10,12). The van der Waals surface area contributed by atoms with Crippen molar-refractivity contribution in [2.75, 3.05) is 0 Å². The fraction of sp³-hybridized carbons (Fsp3) is 0.143. The lowest BCUT2D eigenvalue weighted by atomic mass is 10.3. The Bertz CT molecular complexity index is 441. The van der Waals surface area contributed by atoms with Gasteiger partial charge in [-0.25, -0.2) is 4.98 Å². The fourth-order valence-electron chi connectivity index (χ4n) is 1.09. The Morgan fingerprint density at radius 3 is 2.93 bits per heavy atom. The maximum Gasteiger partial charge on any atom is 0.249 e. The molecule has 0 saturated heterocycles. The molecule has 2 heterocycles. The van der Waals surface area contributed by atoms with Crippen molar-refractivity contribution in [2.45, 2.75) is 0 Å². The lowest BCUT2D eigenvalue weighted by Gasteiger charge is -1.97. The Balaban J connectivity index is 2.46. The summed E-state index contributed by atoms with van der Waals surface area (Å²) in [5, 5.41) is 10.2. The smallest absolute Gasteiger partial charge is 0.249 e. The number of hydrogen-bond acceptors (Lipinski definition) is 4. The molecule has 2 rings (SSSR count). The number of carbonyl (C=O) groups is 1. The zero-order valence-electron chi connectivity index (χ0n) is 7.23. The van der Waals surface area contributed by atoms with Crippen molar-refractivity contribution in [2.24, 2.45) is 7.05 Å². The van der Waals surface area contributed by atoms with E-state index in [1.165, 1.54) is 17.2 Å². The number of aryl methyl sites for hydroxylation is 1. The van der Waals surface area contributed by atoms with Crippen molar-refractivity contribution in [1.82, 2.24) is 25.0 Å². The van der Waals surface area contributed by atoms with E-state index in [4.69, 9.17) is 11.6 Å². The van der Waals surface area contributed by atoms with Crippen molar-refractivity contribution in [3.8, 4) is 0 Å². The lowest BCUT2D eigenvalue weighted by Crippen LogP contribution is -2.10. The third-order valence-corrected chi connectivity index (χ3v) is 2.02. The molecule has 0 fully saturated rings. The van der Waals surface area contributed by atoms with Crippen molar-refractivity contribution >= 4 is 17.4 Å². The van der Waals surface area contributed by atoms with Crippen molar-refractivity contribution < 1.29 is 4.79 Å². The molecule has 2 aromatic heterocycles. The molecular formula is C7H6ClN5O. The van der Waals surface area contributed by atoms with Crippen molar-refractivity contribution in [1.29, 1.82) is 0 Å². The summed E-state index contributed by atoms with van der Waals surface area (Å²) in [5.74, 6) is -0.178. The number of H-pyrrole nitrogens is 1. The topological polar surface area (TPSA) is 76.5 Å². The predicted molar refractivity (Wildman–Crippen MR) is 48.0 cm³/mol. The molecule has 6 nitrogen and oxygen atoms in total. The van der Waals surface area contributed by atoms with E-state index in [9.17, 15) is 4.79 Å². The predicted octanol–water partition coefficient (Wildman–Crippen LogP) is 0.423. The van der Waals surface area contributed by atoms with Crippen LogP contribution in [0.1, 0.15) is 16.3 Å². The van der Waals surface area contributed by atoms with E-state index < -0.39 is 0 Å². The second kappa shape index (κ2) is 3.22. The summed E-state index contributed by atoms with van der Waals surface area (Å²) in [4.78, 5) is 15.5. The van der Waals surface area contributed by atoms with Gasteiger partial charge < -0.3 is 0 Å². The molecule has 2 aromatic rings. The monoisotopic (exact) mass is 211 g/mol. The van der Waals surface area contributed by atoms with Crippen LogP contribution in [0.3, 0.4) is 0 Å². The summed E-state index contributed by atoms with van der Waals surface area (Å²) in [6.45, 7) is 0. The van der Waals surface area contributed by atoms with Gasteiger partial charge in [0.05, 0.1) is 11.2 Å². The molecule has 0 aromatic carbocycles. The molecule has 72 valence electrons. The van der Waals surface area contributed by atoms with Crippen LogP contribution in [0.5, 0.6) is 0 Å². The van der Waals surface area contributed by atoms with Crippen LogP contribution in [0.4, 0.5) is 0 Å². The molecule has 14 heavy (non-hydrogen) atoms. The van der Waals surface area contributed by atoms with Crippen LogP contribution < -0.4 is 0 Å². The molecular weight excluding hydrogens is 206 g/mol. The number of rotatable bonds is 2. The molecule has 7 heteroatoms. The van der Waals surface area contributed by atoms with Crippen molar-refractivity contribution in [3.63, 3.8) is 0 Å². The molecule has 0 aliphatic heterocycles. The molecule has 0 amide bonds. The zero-order valence-corrected chi connectivity index (χ0v) is 7.99. The van der Waals surface area contributed by atoms with Gasteiger partial charge in [0.25, 0.3) is 0 Å². The first-order valence-electron chi connectivity index (χ1n) is 3.77. The van der Waals surface area contributed by atoms with Crippen LogP contribution >= 0.6 is 11.6 Å². The third-order valence-electron chi connectivity index (χ3n) is 1.74. The molecule has 0 bridgehead atoms. The minimum Gasteiger partial charge on any atom is -0.283 e. The van der Waals surface area contributed by atoms with Crippen LogP contribution in [0, 0.1) is 0 Å². The van der Waals surface area contributed by atoms with Gasteiger partial charge in [-0.05, 0) is 0 Å². The Labute approximate surface area is 83.9 Å². The van der Waals surface area contributed by atoms with Gasteiger partial charge in [-0.15, -0.1) is 0 Å². The molecule has 0 saturated carbocycles. The molecule has 0 aliphatic carbocycles. The quantitative estimate of drug-likeness (QED) is 0.731. The summed E-state index contributed by atoms with van der Waals surface area (Å²) in [7, 11) is 1.63. The normalized spacial score (nSPS) is 10.4. The van der Waals surface area contributed by atoms with Crippen LogP contribution in [0.15, 0.2) is 12.5 Å². The zero-order chi connectivity index (χ0) is 10.1. The number of halogens is 1. The van der Waals surface area contributed by atoms with Gasteiger partial charge in [-0.3, -0.25) is 14.6 Å². The van der Waals surface area contributed by atoms with Crippen LogP contribution in [0.25, 0.3) is 0 Å². The number of carbonyl (C=O) groups excluding carboxylic acids is 1. The van der Waals surface area contributed by atoms with E-state index in [0.717, 1.165) is 0 Å². The number of hydrogen-bond donors (Lipinski definition) is 1. The highest BCUT2D eigenvalue weighted by Crippen LogP contribution is 2.16. The molecule has 0 spiro atoms. The van der Waals surface area contributed by atoms with Gasteiger partial charge >= 0.3 is 0 Å². The molecule has 0 radical (unpaired) electrons. The third kappa shape index (κ3) is 1.29. The van der Waals surface area contributed by atoms with E-state index in [1.54, 1.807) is 7.05 Å². The molecule has 0 aliphatic rings. The van der Waals surface area contributed by atoms with Gasteiger partial charge in [0.2, 0.25) is 5.78 Å². The van der Waals surface area contributed by atoms with Gasteiger partial charge in [-0.1, -0.05) is 11.6 Å². The van der Waals surface area contributed by atoms with E-state index in [0.29, 0.717) is 10.7 Å². The summed E-state index contributed by atoms with van der Waals surface area (Å²) in [6, 6.07) is 0. The summed E-state index contributed by atoms with van der Waals surface area (Å²) >= 11 is 5.79. The van der Waals surface area contributed by atoms with E-state index in [-0.39, 0.29) is 11.6 Å². The maximum atomic E-state index is 11.7. The van der Waals surface area contributed by atoms with Gasteiger partial charge in [0.15, 0.2) is 5.82 Å². The van der Waals surface area contributed by atoms with Crippen LogP contribution in [0.2, 0.25) is 5.02 Å². The summed E-state index contributed by atoms with van der Waals surface area (Å²) in [6.07, 6.45) is 2.67. The van der Waals surface area contributed by atoms with E-state index in [1.807, 2.05) is 0 Å². The maximum absolute atomic E-state index is 11.7. The Hall–Kier alpha value is -1.69. The minimum absolute atomic E-state index is 0.149. The minimum atomic E-state index is -0.326. The Kier molecular flexibility index (Phi) is 2.05. The highest BCUT2D eigenvalue weighted by molar-refractivity contribution is 6.34. The van der Waals surface area contributed by atoms with Crippen LogP contribution in [-0.4, -0.2) is 30.7 Å². The highest BCUT2D eigenvalue weighted by Gasteiger charge is 2.19. The van der Waals surface area contributed by atoms with Gasteiger partial charge in [0, 0.05) is 7.05 Å². The average molecular weight is 212 g/mol. The van der Waals surface area contributed by atoms with Crippen molar-refractivity contribution in [3.05, 3.63) is 29.1 Å². The summed E-state index contributed by atoms with van der Waals surface area (Å²) in [5.41, 5.74) is 0.295. The number of nitrogens with zero attached hydrogens (tertiary/aromatic N) is 4. The lowest BCUT2D eigenvalue weighted by molar-refractivity contribution is 0.102. The SMILES string of the molecule is Cn1ncc(Cl)c1C(=O)c1ncn[nH]1. The van der Waals surface area contributed by atoms with E-state index >= 15 is 0 Å². The summed E-state index contributed by atoms with van der Waals surface area (Å²) < 4.78 is 1.40. The van der Waals surface area contributed by atoms with E-state index in [2.05, 4.69) is 20.3 Å². The molecule has 1 N–H and O–H groups in total. The molecule has 0 unspecified atom stereocenters. The highest BCUT2D eigenvalue weighted by atomic mass is 35.5. The number of aromatic amines is 1. The number of aromatic nitrogens is 5. The first-order valence-corrected chi connectivity index (χ1v) is 4.15. The number of ketones is 1. The van der Waals surface area contributed by atoms with Gasteiger partial charge in [-0.2, -0.15) is 10.2 Å². The van der Waals surface area contributed by atoms with Gasteiger partial charge in [0.1, 0.15) is 12.0 Å². The second-order valence-corrected chi connectivity index (χ2v) is 3.04. The first-order chi connectivity index (χ1) is 6.70. The van der Waals surface area contributed by atoms with Crippen LogP contribution in [-0.2, 0) is 7.05 Å². The Morgan fingerprint density at radius 2 is 2.43 bits per heavy atom. The first kappa shape index (κ1) is 8.89.